The van der Waals surface area contributed by atoms with Crippen LogP contribution in [-0.4, -0.2) is 41.1 Å². The molecule has 2 aromatic carbocycles. The summed E-state index contributed by atoms with van der Waals surface area (Å²) in [6.07, 6.45) is 7.07. The van der Waals surface area contributed by atoms with Crippen molar-refractivity contribution in [3.63, 3.8) is 0 Å². The lowest BCUT2D eigenvalue weighted by atomic mass is 10.1. The third kappa shape index (κ3) is 9.02. The number of anilines is 1. The van der Waals surface area contributed by atoms with Crippen molar-refractivity contribution in [3.8, 4) is 0 Å². The molecule has 0 fully saturated rings. The average Bonchev–Trinajstić information content (AvgIpc) is 2.74. The van der Waals surface area contributed by atoms with Crippen LogP contribution in [0.15, 0.2) is 58.4 Å². The second kappa shape index (κ2) is 12.4. The van der Waals surface area contributed by atoms with Gasteiger partial charge in [-0.05, 0) is 61.7 Å². The Kier molecular flexibility index (Phi) is 9.88. The van der Waals surface area contributed by atoms with E-state index in [2.05, 4.69) is 9.71 Å². The molecule has 0 unspecified atom stereocenters. The first-order valence-corrected chi connectivity index (χ1v) is 12.2. The maximum absolute atomic E-state index is 12.4. The fourth-order valence-corrected chi connectivity index (χ4v) is 4.11. The summed E-state index contributed by atoms with van der Waals surface area (Å²) in [4.78, 5) is 17.6. The number of benzene rings is 2. The Labute approximate surface area is 186 Å². The van der Waals surface area contributed by atoms with Crippen LogP contribution in [0.2, 0.25) is 0 Å². The van der Waals surface area contributed by atoms with Gasteiger partial charge in [0.15, 0.2) is 0 Å². The summed E-state index contributed by atoms with van der Waals surface area (Å²) in [6, 6.07) is 14.6. The zero-order valence-electron chi connectivity index (χ0n) is 18.7. The first-order valence-electron chi connectivity index (χ1n) is 10.7. The smallest absolute Gasteiger partial charge is 0.240 e. The van der Waals surface area contributed by atoms with E-state index >= 15 is 0 Å². The van der Waals surface area contributed by atoms with E-state index in [1.165, 1.54) is 0 Å². The molecule has 1 N–H and O–H groups in total. The molecule has 7 heteroatoms. The molecule has 0 aliphatic carbocycles. The molecule has 0 saturated heterocycles. The molecular weight excluding hydrogens is 410 g/mol. The van der Waals surface area contributed by atoms with Gasteiger partial charge in [0.25, 0.3) is 0 Å². The Morgan fingerprint density at radius 1 is 0.935 bits per heavy atom. The minimum atomic E-state index is -3.52. The predicted octanol–water partition coefficient (Wildman–Crippen LogP) is 4.71. The van der Waals surface area contributed by atoms with Crippen LogP contribution in [-0.2, 0) is 14.8 Å². The monoisotopic (exact) mass is 443 g/mol. The van der Waals surface area contributed by atoms with Crippen LogP contribution in [0.3, 0.4) is 0 Å². The lowest BCUT2D eigenvalue weighted by Crippen LogP contribution is -2.24. The molecule has 0 aromatic heterocycles. The van der Waals surface area contributed by atoms with E-state index in [-0.39, 0.29) is 10.7 Å². The van der Waals surface area contributed by atoms with E-state index in [0.717, 1.165) is 43.4 Å². The standard InChI is InChI=1S/C24H33N3O3S/c1-20(28)9-7-5-4-6-8-18-26-31(29,30)24-16-12-22(13-17-24)25-19-21-10-14-23(15-11-21)27(2)3/h10-17,19,26H,4-9,18H2,1-3H3. The molecule has 168 valence electrons. The van der Waals surface area contributed by atoms with Crippen molar-refractivity contribution < 1.29 is 13.2 Å². The van der Waals surface area contributed by atoms with Crippen molar-refractivity contribution >= 4 is 33.4 Å². The van der Waals surface area contributed by atoms with Gasteiger partial charge in [0.05, 0.1) is 10.6 Å². The van der Waals surface area contributed by atoms with Crippen LogP contribution >= 0.6 is 0 Å². The Morgan fingerprint density at radius 3 is 2.16 bits per heavy atom. The first-order chi connectivity index (χ1) is 14.8. The average molecular weight is 444 g/mol. The predicted molar refractivity (Wildman–Crippen MR) is 128 cm³/mol. The molecule has 0 radical (unpaired) electrons. The molecule has 2 rings (SSSR count). The molecule has 0 aliphatic heterocycles. The molecule has 0 spiro atoms. The summed E-state index contributed by atoms with van der Waals surface area (Å²) in [7, 11) is 0.468. The summed E-state index contributed by atoms with van der Waals surface area (Å²) in [6.45, 7) is 2.02. The number of carbonyl (C=O) groups is 1. The van der Waals surface area contributed by atoms with E-state index in [1.54, 1.807) is 37.4 Å². The number of nitrogens with one attached hydrogen (secondary N) is 1. The minimum absolute atomic E-state index is 0.225. The molecule has 0 amide bonds. The van der Waals surface area contributed by atoms with Gasteiger partial charge in [-0.2, -0.15) is 0 Å². The van der Waals surface area contributed by atoms with E-state index in [4.69, 9.17) is 0 Å². The van der Waals surface area contributed by atoms with Crippen molar-refractivity contribution in [3.05, 3.63) is 54.1 Å². The largest absolute Gasteiger partial charge is 0.378 e. The highest BCUT2D eigenvalue weighted by Crippen LogP contribution is 2.17. The Hall–Kier alpha value is -2.51. The topological polar surface area (TPSA) is 78.8 Å². The number of hydrogen-bond acceptors (Lipinski definition) is 5. The molecule has 0 bridgehead atoms. The molecular formula is C24H33N3O3S. The molecule has 2 aromatic rings. The molecule has 0 saturated carbocycles. The fourth-order valence-electron chi connectivity index (χ4n) is 3.04. The van der Waals surface area contributed by atoms with Gasteiger partial charge in [-0.1, -0.05) is 31.4 Å². The zero-order valence-corrected chi connectivity index (χ0v) is 19.5. The van der Waals surface area contributed by atoms with E-state index in [9.17, 15) is 13.2 Å². The Morgan fingerprint density at radius 2 is 1.55 bits per heavy atom. The van der Waals surface area contributed by atoms with Crippen molar-refractivity contribution in [2.24, 2.45) is 4.99 Å². The quantitative estimate of drug-likeness (QED) is 0.359. The Bertz CT molecular complexity index is 951. The van der Waals surface area contributed by atoms with Gasteiger partial charge in [-0.3, -0.25) is 4.99 Å². The lowest BCUT2D eigenvalue weighted by molar-refractivity contribution is -0.117. The van der Waals surface area contributed by atoms with Crippen molar-refractivity contribution in [1.82, 2.24) is 4.72 Å². The van der Waals surface area contributed by atoms with E-state index in [1.807, 2.05) is 43.3 Å². The van der Waals surface area contributed by atoms with E-state index in [0.29, 0.717) is 18.7 Å². The number of nitrogens with zero attached hydrogens (tertiary/aromatic N) is 2. The van der Waals surface area contributed by atoms with Gasteiger partial charge < -0.3 is 9.69 Å². The summed E-state index contributed by atoms with van der Waals surface area (Å²) in [5.74, 6) is 0.225. The zero-order chi connectivity index (χ0) is 22.7. The normalized spacial score (nSPS) is 11.7. The fraction of sp³-hybridized carbons (Fsp3) is 0.417. The summed E-state index contributed by atoms with van der Waals surface area (Å²) < 4.78 is 27.5. The molecule has 0 atom stereocenters. The van der Waals surface area contributed by atoms with Gasteiger partial charge in [0.1, 0.15) is 5.78 Å². The highest BCUT2D eigenvalue weighted by molar-refractivity contribution is 7.89. The maximum atomic E-state index is 12.4. The molecule has 31 heavy (non-hydrogen) atoms. The van der Waals surface area contributed by atoms with Crippen LogP contribution in [0, 0.1) is 0 Å². The van der Waals surface area contributed by atoms with Crippen molar-refractivity contribution in [2.75, 3.05) is 25.5 Å². The number of Topliss-reactive ketones (excluding diaryl/α,β-unsaturated/α-hetero) is 1. The van der Waals surface area contributed by atoms with Crippen molar-refractivity contribution in [2.45, 2.75) is 50.3 Å². The third-order valence-corrected chi connectivity index (χ3v) is 6.39. The van der Waals surface area contributed by atoms with Crippen LogP contribution < -0.4 is 9.62 Å². The van der Waals surface area contributed by atoms with Crippen LogP contribution in [0.4, 0.5) is 11.4 Å². The first kappa shape index (κ1) is 24.8. The molecule has 6 nitrogen and oxygen atoms in total. The number of ketones is 1. The third-order valence-electron chi connectivity index (χ3n) is 4.92. The summed E-state index contributed by atoms with van der Waals surface area (Å²) >= 11 is 0. The highest BCUT2D eigenvalue weighted by Gasteiger charge is 2.12. The minimum Gasteiger partial charge on any atom is -0.378 e. The highest BCUT2D eigenvalue weighted by atomic mass is 32.2. The summed E-state index contributed by atoms with van der Waals surface area (Å²) in [5.41, 5.74) is 2.79. The van der Waals surface area contributed by atoms with Crippen molar-refractivity contribution in [1.29, 1.82) is 0 Å². The summed E-state index contributed by atoms with van der Waals surface area (Å²) in [5, 5.41) is 0. The lowest BCUT2D eigenvalue weighted by Gasteiger charge is -2.11. The van der Waals surface area contributed by atoms with Gasteiger partial charge >= 0.3 is 0 Å². The molecule has 0 heterocycles. The number of unbranched alkanes of at least 4 members (excludes halogenated alkanes) is 4. The number of hydrogen-bond donors (Lipinski definition) is 1. The second-order valence-corrected chi connectivity index (χ2v) is 9.62. The van der Waals surface area contributed by atoms with Gasteiger partial charge in [0, 0.05) is 39.0 Å². The van der Waals surface area contributed by atoms with E-state index < -0.39 is 10.0 Å². The molecule has 0 aliphatic rings. The van der Waals surface area contributed by atoms with Crippen LogP contribution in [0.1, 0.15) is 51.0 Å². The second-order valence-electron chi connectivity index (χ2n) is 7.86. The Balaban J connectivity index is 1.79. The number of aliphatic imine (C=N–C) groups is 1. The van der Waals surface area contributed by atoms with Gasteiger partial charge in [-0.15, -0.1) is 0 Å². The maximum Gasteiger partial charge on any atom is 0.240 e. The van der Waals surface area contributed by atoms with Gasteiger partial charge in [-0.25, -0.2) is 13.1 Å². The number of rotatable bonds is 13. The van der Waals surface area contributed by atoms with Crippen LogP contribution in [0.25, 0.3) is 0 Å². The SMILES string of the molecule is CC(=O)CCCCCCCNS(=O)(=O)c1ccc(N=Cc2ccc(N(C)C)cc2)cc1. The number of sulfonamides is 1. The van der Waals surface area contributed by atoms with Gasteiger partial charge in [0.2, 0.25) is 10.0 Å². The van der Waals surface area contributed by atoms with Crippen LogP contribution in [0.5, 0.6) is 0 Å². The number of carbonyl (C=O) groups excluding carboxylic acids is 1.